The van der Waals surface area contributed by atoms with E-state index >= 15 is 0 Å². The Bertz CT molecular complexity index is 506. The van der Waals surface area contributed by atoms with E-state index in [-0.39, 0.29) is 17.0 Å². The minimum absolute atomic E-state index is 0.00635. The van der Waals surface area contributed by atoms with Gasteiger partial charge in [0.25, 0.3) is 0 Å². The van der Waals surface area contributed by atoms with E-state index in [2.05, 4.69) is 19.7 Å². The molecule has 0 amide bonds. The summed E-state index contributed by atoms with van der Waals surface area (Å²) in [5.41, 5.74) is 0.249. The van der Waals surface area contributed by atoms with Crippen molar-refractivity contribution < 1.29 is 9.53 Å². The molecule has 0 aromatic rings. The van der Waals surface area contributed by atoms with Crippen molar-refractivity contribution in [1.82, 2.24) is 0 Å². The maximum absolute atomic E-state index is 12.6. The number of ether oxygens (including phenoxy) is 1. The summed E-state index contributed by atoms with van der Waals surface area (Å²) in [4.78, 5) is 12.6. The van der Waals surface area contributed by atoms with Crippen molar-refractivity contribution in [3.8, 4) is 0 Å². The van der Waals surface area contributed by atoms with Gasteiger partial charge in [-0.3, -0.25) is 0 Å². The van der Waals surface area contributed by atoms with Gasteiger partial charge < -0.3 is 4.74 Å². The lowest BCUT2D eigenvalue weighted by Crippen LogP contribution is -2.65. The molecule has 4 saturated carbocycles. The molecule has 4 fully saturated rings. The van der Waals surface area contributed by atoms with E-state index in [1.165, 1.54) is 19.3 Å². The van der Waals surface area contributed by atoms with Crippen LogP contribution in [0.5, 0.6) is 0 Å². The highest BCUT2D eigenvalue weighted by Gasteiger charge is 2.66. The summed E-state index contributed by atoms with van der Waals surface area (Å²) in [5, 5.41) is 0. The lowest BCUT2D eigenvalue weighted by atomic mass is 9.41. The van der Waals surface area contributed by atoms with Gasteiger partial charge in [-0.25, -0.2) is 4.79 Å². The molecule has 0 aliphatic heterocycles. The standard InChI is InChI=1S/C21H30O2/c1-5-8-20(9-6-2)18-11-16-10-17(12-18)14-21(20,13-16)23-19(22)15(4)7-3/h5-6,16-18H,1-2,4,7-14H2,3H3. The first-order valence-electron chi connectivity index (χ1n) is 9.13. The van der Waals surface area contributed by atoms with Crippen molar-refractivity contribution in [3.63, 3.8) is 0 Å². The predicted molar refractivity (Wildman–Crippen MR) is 93.9 cm³/mol. The third kappa shape index (κ3) is 2.42. The number of hydrogen-bond donors (Lipinski definition) is 0. The number of carbonyl (C=O) groups excluding carboxylic acids is 1. The average Bonchev–Trinajstić information content (AvgIpc) is 2.51. The fourth-order valence-corrected chi connectivity index (χ4v) is 6.03. The van der Waals surface area contributed by atoms with Crippen molar-refractivity contribution in [1.29, 1.82) is 0 Å². The van der Waals surface area contributed by atoms with Gasteiger partial charge in [-0.05, 0) is 69.1 Å². The van der Waals surface area contributed by atoms with Gasteiger partial charge in [0.2, 0.25) is 0 Å². The predicted octanol–water partition coefficient (Wildman–Crippen LogP) is 5.21. The second-order valence-electron chi connectivity index (χ2n) is 8.03. The van der Waals surface area contributed by atoms with Crippen LogP contribution >= 0.6 is 0 Å². The van der Waals surface area contributed by atoms with E-state index in [0.717, 1.165) is 37.5 Å². The molecule has 0 aromatic carbocycles. The summed E-state index contributed by atoms with van der Waals surface area (Å²) in [6.07, 6.45) is 12.5. The van der Waals surface area contributed by atoms with E-state index < -0.39 is 0 Å². The lowest BCUT2D eigenvalue weighted by Gasteiger charge is -2.66. The van der Waals surface area contributed by atoms with Gasteiger partial charge in [0.05, 0.1) is 0 Å². The summed E-state index contributed by atoms with van der Waals surface area (Å²) in [6, 6.07) is 0. The SMILES string of the molecule is C=CCC1(CC=C)C2CC3CC(C2)CC1(OC(=O)C(=C)CC)C3. The summed E-state index contributed by atoms with van der Waals surface area (Å²) in [6.45, 7) is 13.9. The van der Waals surface area contributed by atoms with Crippen molar-refractivity contribution in [2.45, 2.75) is 63.9 Å². The summed E-state index contributed by atoms with van der Waals surface area (Å²) in [7, 11) is 0. The Morgan fingerprint density at radius 2 is 1.70 bits per heavy atom. The summed E-state index contributed by atoms with van der Waals surface area (Å²) < 4.78 is 6.29. The molecule has 0 heterocycles. The molecular weight excluding hydrogens is 284 g/mol. The van der Waals surface area contributed by atoms with Gasteiger partial charge in [-0.15, -0.1) is 13.2 Å². The molecule has 0 radical (unpaired) electrons. The van der Waals surface area contributed by atoms with Gasteiger partial charge >= 0.3 is 5.97 Å². The lowest BCUT2D eigenvalue weighted by molar-refractivity contribution is -0.242. The van der Waals surface area contributed by atoms with E-state index in [1.54, 1.807) is 0 Å². The molecule has 4 rings (SSSR count). The smallest absolute Gasteiger partial charge is 0.333 e. The molecule has 126 valence electrons. The zero-order valence-corrected chi connectivity index (χ0v) is 14.5. The van der Waals surface area contributed by atoms with Gasteiger partial charge in [0, 0.05) is 11.0 Å². The molecule has 2 atom stereocenters. The molecule has 2 unspecified atom stereocenters. The fourth-order valence-electron chi connectivity index (χ4n) is 6.03. The first kappa shape index (κ1) is 16.5. The number of allylic oxidation sites excluding steroid dienone is 2. The molecule has 0 spiro atoms. The maximum Gasteiger partial charge on any atom is 0.333 e. The third-order valence-corrected chi connectivity index (χ3v) is 6.85. The Balaban J connectivity index is 2.00. The van der Waals surface area contributed by atoms with Crippen LogP contribution in [-0.2, 0) is 9.53 Å². The van der Waals surface area contributed by atoms with Crippen LogP contribution < -0.4 is 0 Å². The Labute approximate surface area is 140 Å². The van der Waals surface area contributed by atoms with Crippen LogP contribution in [0, 0.1) is 23.2 Å². The molecule has 0 aromatic heterocycles. The van der Waals surface area contributed by atoms with Crippen LogP contribution in [0.4, 0.5) is 0 Å². The topological polar surface area (TPSA) is 26.3 Å². The first-order chi connectivity index (χ1) is 11.0. The quantitative estimate of drug-likeness (QED) is 0.366. The summed E-state index contributed by atoms with van der Waals surface area (Å²) in [5.74, 6) is 1.88. The minimum Gasteiger partial charge on any atom is -0.455 e. The van der Waals surface area contributed by atoms with Crippen LogP contribution in [0.25, 0.3) is 0 Å². The Kier molecular flexibility index (Phi) is 4.29. The molecule has 2 heteroatoms. The van der Waals surface area contributed by atoms with Gasteiger partial charge in [0.1, 0.15) is 5.60 Å². The molecule has 0 saturated heterocycles. The van der Waals surface area contributed by atoms with Crippen LogP contribution in [0.2, 0.25) is 0 Å². The number of esters is 1. The highest BCUT2D eigenvalue weighted by Crippen LogP contribution is 2.68. The number of hydrogen-bond acceptors (Lipinski definition) is 2. The van der Waals surface area contributed by atoms with Crippen molar-refractivity contribution in [2.75, 3.05) is 0 Å². The molecule has 2 nitrogen and oxygen atoms in total. The van der Waals surface area contributed by atoms with Gasteiger partial charge in [-0.2, -0.15) is 0 Å². The first-order valence-corrected chi connectivity index (χ1v) is 9.13. The van der Waals surface area contributed by atoms with Crippen LogP contribution in [-0.4, -0.2) is 11.6 Å². The minimum atomic E-state index is -0.334. The Morgan fingerprint density at radius 1 is 1.13 bits per heavy atom. The molecule has 4 bridgehead atoms. The average molecular weight is 314 g/mol. The van der Waals surface area contributed by atoms with Gasteiger partial charge in [-0.1, -0.05) is 25.7 Å². The molecule has 4 aliphatic rings. The Morgan fingerprint density at radius 3 is 2.17 bits per heavy atom. The second-order valence-corrected chi connectivity index (χ2v) is 8.03. The van der Waals surface area contributed by atoms with Gasteiger partial charge in [0.15, 0.2) is 0 Å². The van der Waals surface area contributed by atoms with E-state index in [4.69, 9.17) is 4.74 Å². The normalized spacial score (nSPS) is 36.5. The van der Waals surface area contributed by atoms with Crippen molar-refractivity contribution in [3.05, 3.63) is 37.5 Å². The molecule has 0 N–H and O–H groups in total. The van der Waals surface area contributed by atoms with E-state index in [9.17, 15) is 4.79 Å². The zero-order valence-electron chi connectivity index (χ0n) is 14.5. The third-order valence-electron chi connectivity index (χ3n) is 6.85. The van der Waals surface area contributed by atoms with E-state index in [0.29, 0.717) is 17.9 Å². The van der Waals surface area contributed by atoms with Crippen molar-refractivity contribution in [2.24, 2.45) is 23.2 Å². The second kappa shape index (κ2) is 5.96. The zero-order chi connectivity index (χ0) is 16.7. The van der Waals surface area contributed by atoms with Crippen LogP contribution in [0.3, 0.4) is 0 Å². The molecular formula is C21H30O2. The highest BCUT2D eigenvalue weighted by molar-refractivity contribution is 5.88. The molecule has 23 heavy (non-hydrogen) atoms. The van der Waals surface area contributed by atoms with E-state index in [1.807, 2.05) is 19.1 Å². The monoisotopic (exact) mass is 314 g/mol. The molecule has 4 aliphatic carbocycles. The van der Waals surface area contributed by atoms with Crippen molar-refractivity contribution >= 4 is 5.97 Å². The largest absolute Gasteiger partial charge is 0.455 e. The highest BCUT2D eigenvalue weighted by atomic mass is 16.6. The Hall–Kier alpha value is -1.31. The maximum atomic E-state index is 12.6. The fraction of sp³-hybridized carbons (Fsp3) is 0.667. The van der Waals surface area contributed by atoms with Crippen LogP contribution in [0.1, 0.15) is 58.3 Å². The van der Waals surface area contributed by atoms with Crippen LogP contribution in [0.15, 0.2) is 37.5 Å². The number of carbonyl (C=O) groups is 1. The number of rotatable bonds is 7. The summed E-state index contributed by atoms with van der Waals surface area (Å²) >= 11 is 0.